The summed E-state index contributed by atoms with van der Waals surface area (Å²) < 4.78 is 6.36. The Labute approximate surface area is 198 Å². The first kappa shape index (κ1) is 22.6. The van der Waals surface area contributed by atoms with Crippen molar-refractivity contribution in [2.45, 2.75) is 76.1 Å². The molecule has 2 saturated carbocycles. The van der Waals surface area contributed by atoms with Crippen LogP contribution in [-0.4, -0.2) is 39.6 Å². The zero-order chi connectivity index (χ0) is 23.3. The van der Waals surface area contributed by atoms with Gasteiger partial charge in [0.15, 0.2) is 0 Å². The third kappa shape index (κ3) is 3.82. The second kappa shape index (κ2) is 8.57. The molecule has 2 aromatic rings. The van der Waals surface area contributed by atoms with E-state index < -0.39 is 18.2 Å². The van der Waals surface area contributed by atoms with Gasteiger partial charge in [0.1, 0.15) is 11.9 Å². The first-order valence-electron chi connectivity index (χ1n) is 11.9. The van der Waals surface area contributed by atoms with E-state index >= 15 is 0 Å². The van der Waals surface area contributed by atoms with Gasteiger partial charge in [-0.3, -0.25) is 0 Å². The number of aliphatic hydroxyl groups is 2. The maximum atomic E-state index is 11.6. The highest BCUT2D eigenvalue weighted by Crippen LogP contribution is 2.49. The summed E-state index contributed by atoms with van der Waals surface area (Å²) in [6.07, 6.45) is 7.92. The highest BCUT2D eigenvalue weighted by atomic mass is 32.1. The lowest BCUT2D eigenvalue weighted by atomic mass is 9.61. The third-order valence-corrected chi connectivity index (χ3v) is 9.12. The fraction of sp³-hybridized carbons (Fsp3) is 0.519. The van der Waals surface area contributed by atoms with Gasteiger partial charge in [-0.2, -0.15) is 0 Å². The molecule has 3 N–H and O–H groups in total. The summed E-state index contributed by atoms with van der Waals surface area (Å²) >= 11 is 1.73. The van der Waals surface area contributed by atoms with Gasteiger partial charge in [0.05, 0.1) is 17.8 Å². The second-order valence-electron chi connectivity index (χ2n) is 10.1. The minimum atomic E-state index is -0.952. The molecule has 1 aromatic carbocycles. The molecule has 1 unspecified atom stereocenters. The van der Waals surface area contributed by atoms with Crippen molar-refractivity contribution in [1.29, 1.82) is 0 Å². The van der Waals surface area contributed by atoms with Crippen LogP contribution in [0.3, 0.4) is 0 Å². The van der Waals surface area contributed by atoms with E-state index in [4.69, 9.17) is 4.74 Å². The average molecular weight is 469 g/mol. The predicted octanol–water partition coefficient (Wildman–Crippen LogP) is 4.79. The maximum Gasteiger partial charge on any atom is 0.336 e. The van der Waals surface area contributed by atoms with E-state index in [0.29, 0.717) is 17.7 Å². The van der Waals surface area contributed by atoms with Crippen LogP contribution < -0.4 is 4.74 Å². The average Bonchev–Trinajstić information content (AvgIpc) is 3.22. The Morgan fingerprint density at radius 3 is 2.73 bits per heavy atom. The molecule has 2 aliphatic carbocycles. The van der Waals surface area contributed by atoms with Gasteiger partial charge in [-0.1, -0.05) is 24.6 Å². The standard InChI is InChI=1S/C27H32O5S/c1-15-12-18(14-33-15)27(10-3-11-27)24(29)9-8-20-21-7-5-17-4-6-19(26(30)31)16(2)25(17)32-23(21)13-22(20)28/h4,6,8-9,12,14,20-24,28-29H,3,5,7,10-11,13H2,1-2H3,(H,30,31)/b9-8+/t20-,21-,22-,23+,24?/m1/s1. The van der Waals surface area contributed by atoms with Crippen molar-refractivity contribution in [3.63, 3.8) is 0 Å². The number of aliphatic hydroxyl groups excluding tert-OH is 2. The number of rotatable bonds is 5. The lowest BCUT2D eigenvalue weighted by Crippen LogP contribution is -2.44. The van der Waals surface area contributed by atoms with Crippen LogP contribution in [0.15, 0.2) is 35.7 Å². The molecule has 2 fully saturated rings. The van der Waals surface area contributed by atoms with E-state index in [2.05, 4.69) is 18.4 Å². The minimum absolute atomic E-state index is 0.0838. The van der Waals surface area contributed by atoms with E-state index in [-0.39, 0.29) is 28.9 Å². The van der Waals surface area contributed by atoms with Gasteiger partial charge in [0, 0.05) is 34.1 Å². The van der Waals surface area contributed by atoms with Crippen LogP contribution in [0.1, 0.15) is 64.0 Å². The quantitative estimate of drug-likeness (QED) is 0.549. The molecule has 3 aliphatic rings. The summed E-state index contributed by atoms with van der Waals surface area (Å²) in [4.78, 5) is 12.8. The lowest BCUT2D eigenvalue weighted by Gasteiger charge is -2.44. The van der Waals surface area contributed by atoms with Crippen molar-refractivity contribution in [3.05, 3.63) is 62.9 Å². The Morgan fingerprint density at radius 1 is 1.30 bits per heavy atom. The molecule has 5 atom stereocenters. The molecule has 0 bridgehead atoms. The molecule has 5 rings (SSSR count). The van der Waals surface area contributed by atoms with Crippen LogP contribution in [-0.2, 0) is 11.8 Å². The molecule has 1 aromatic heterocycles. The highest BCUT2D eigenvalue weighted by Gasteiger charge is 2.46. The molecular weight excluding hydrogens is 436 g/mol. The number of ether oxygens (including phenoxy) is 1. The van der Waals surface area contributed by atoms with Gasteiger partial charge < -0.3 is 20.1 Å². The van der Waals surface area contributed by atoms with Crippen molar-refractivity contribution < 1.29 is 24.9 Å². The predicted molar refractivity (Wildman–Crippen MR) is 128 cm³/mol. The lowest BCUT2D eigenvalue weighted by molar-refractivity contribution is 0.0617. The van der Waals surface area contributed by atoms with Crippen LogP contribution in [0.4, 0.5) is 0 Å². The van der Waals surface area contributed by atoms with Crippen LogP contribution in [0, 0.1) is 25.7 Å². The molecule has 2 heterocycles. The Morgan fingerprint density at radius 2 is 2.09 bits per heavy atom. The molecule has 0 saturated heterocycles. The van der Waals surface area contributed by atoms with Crippen LogP contribution >= 0.6 is 11.3 Å². The summed E-state index contributed by atoms with van der Waals surface area (Å²) in [5.74, 6) is -0.240. The Balaban J connectivity index is 1.36. The Kier molecular flexibility index (Phi) is 5.88. The van der Waals surface area contributed by atoms with Gasteiger partial charge in [0.25, 0.3) is 0 Å². The summed E-state index contributed by atoms with van der Waals surface area (Å²) in [7, 11) is 0. The first-order chi connectivity index (χ1) is 15.8. The molecule has 0 spiro atoms. The van der Waals surface area contributed by atoms with E-state index in [1.165, 1.54) is 10.4 Å². The Bertz CT molecular complexity index is 1080. The molecule has 6 heteroatoms. The summed E-state index contributed by atoms with van der Waals surface area (Å²) in [6, 6.07) is 5.72. The summed E-state index contributed by atoms with van der Waals surface area (Å²) in [6.45, 7) is 3.90. The minimum Gasteiger partial charge on any atom is -0.489 e. The largest absolute Gasteiger partial charge is 0.489 e. The highest BCUT2D eigenvalue weighted by molar-refractivity contribution is 7.10. The van der Waals surface area contributed by atoms with E-state index in [1.807, 2.05) is 18.2 Å². The number of aryl methyl sites for hydroxylation is 2. The number of carbonyl (C=O) groups is 1. The van der Waals surface area contributed by atoms with Crippen molar-refractivity contribution in [1.82, 2.24) is 0 Å². The van der Waals surface area contributed by atoms with Crippen LogP contribution in [0.5, 0.6) is 5.75 Å². The van der Waals surface area contributed by atoms with Crippen LogP contribution in [0.2, 0.25) is 0 Å². The molecule has 33 heavy (non-hydrogen) atoms. The zero-order valence-electron chi connectivity index (χ0n) is 19.2. The second-order valence-corrected chi connectivity index (χ2v) is 11.2. The first-order valence-corrected chi connectivity index (χ1v) is 12.8. The molecular formula is C27H32O5S. The number of benzene rings is 1. The van der Waals surface area contributed by atoms with Crippen molar-refractivity contribution >= 4 is 17.3 Å². The number of carboxylic acid groups (broad SMARTS) is 1. The molecule has 1 aliphatic heterocycles. The number of thiophene rings is 1. The normalized spacial score (nSPS) is 29.0. The third-order valence-electron chi connectivity index (χ3n) is 8.26. The van der Waals surface area contributed by atoms with Gasteiger partial charge in [-0.25, -0.2) is 4.79 Å². The maximum absolute atomic E-state index is 11.6. The van der Waals surface area contributed by atoms with Crippen molar-refractivity contribution in [2.75, 3.05) is 0 Å². The van der Waals surface area contributed by atoms with E-state index in [1.54, 1.807) is 24.3 Å². The monoisotopic (exact) mass is 468 g/mol. The number of aromatic carboxylic acids is 1. The summed E-state index contributed by atoms with van der Waals surface area (Å²) in [5.41, 5.74) is 2.98. The molecule has 0 amide bonds. The van der Waals surface area contributed by atoms with E-state index in [0.717, 1.165) is 37.7 Å². The van der Waals surface area contributed by atoms with Crippen molar-refractivity contribution in [3.8, 4) is 5.75 Å². The molecule has 176 valence electrons. The number of hydrogen-bond donors (Lipinski definition) is 3. The summed E-state index contributed by atoms with van der Waals surface area (Å²) in [5, 5.41) is 33.7. The zero-order valence-corrected chi connectivity index (χ0v) is 20.0. The van der Waals surface area contributed by atoms with Crippen LogP contribution in [0.25, 0.3) is 0 Å². The topological polar surface area (TPSA) is 87.0 Å². The van der Waals surface area contributed by atoms with Gasteiger partial charge in [0.2, 0.25) is 0 Å². The number of carboxylic acids is 1. The van der Waals surface area contributed by atoms with E-state index in [9.17, 15) is 20.1 Å². The Hall–Kier alpha value is -2.15. The van der Waals surface area contributed by atoms with Crippen molar-refractivity contribution in [2.24, 2.45) is 11.8 Å². The fourth-order valence-corrected chi connectivity index (χ4v) is 6.95. The molecule has 0 radical (unpaired) electrons. The van der Waals surface area contributed by atoms with Gasteiger partial charge in [-0.05, 0) is 68.2 Å². The number of fused-ring (bicyclic) bond motifs is 2. The fourth-order valence-electron chi connectivity index (χ4n) is 6.14. The smallest absolute Gasteiger partial charge is 0.336 e. The molecule has 5 nitrogen and oxygen atoms in total. The number of hydrogen-bond acceptors (Lipinski definition) is 5. The van der Waals surface area contributed by atoms with Gasteiger partial charge >= 0.3 is 5.97 Å². The SMILES string of the molecule is Cc1cc(C2(C(O)/C=C/[C@@H]3[C@H]4CCc5ccc(C(=O)O)c(C)c5O[C@H]4C[C@H]3O)CCC2)cs1. The van der Waals surface area contributed by atoms with Gasteiger partial charge in [-0.15, -0.1) is 11.3 Å².